The first-order valence-electron chi connectivity index (χ1n) is 5.17. The van der Waals surface area contributed by atoms with E-state index in [1.165, 1.54) is 20.3 Å². The molecule has 0 amide bonds. The van der Waals surface area contributed by atoms with Crippen molar-refractivity contribution in [2.24, 2.45) is 5.73 Å². The Morgan fingerprint density at radius 1 is 1.47 bits per heavy atom. The summed E-state index contributed by atoms with van der Waals surface area (Å²) in [4.78, 5) is 11.5. The highest BCUT2D eigenvalue weighted by Crippen LogP contribution is 2.31. The molecule has 1 aromatic carbocycles. The van der Waals surface area contributed by atoms with Crippen LogP contribution < -0.4 is 10.5 Å². The minimum absolute atomic E-state index is 0.0387. The molecule has 0 aliphatic heterocycles. The number of ether oxygens (including phenoxy) is 2. The number of rotatable bonds is 4. The zero-order valence-electron chi connectivity index (χ0n) is 10.1. The molecule has 94 valence electrons. The second kappa shape index (κ2) is 5.63. The topological polar surface area (TPSA) is 61.5 Å². The molecule has 5 heteroatoms. The second-order valence-electron chi connectivity index (χ2n) is 3.67. The molecule has 1 rings (SSSR count). The molecule has 0 radical (unpaired) electrons. The van der Waals surface area contributed by atoms with Gasteiger partial charge < -0.3 is 15.2 Å². The summed E-state index contributed by atoms with van der Waals surface area (Å²) in [5, 5.41) is 0. The van der Waals surface area contributed by atoms with Crippen molar-refractivity contribution >= 4 is 5.97 Å². The van der Waals surface area contributed by atoms with Gasteiger partial charge in [-0.05, 0) is 24.6 Å². The van der Waals surface area contributed by atoms with E-state index in [1.54, 1.807) is 13.0 Å². The van der Waals surface area contributed by atoms with Gasteiger partial charge in [-0.3, -0.25) is 4.79 Å². The van der Waals surface area contributed by atoms with E-state index in [4.69, 9.17) is 10.5 Å². The van der Waals surface area contributed by atoms with E-state index in [1.807, 2.05) is 0 Å². The third-order valence-electron chi connectivity index (χ3n) is 2.53. The van der Waals surface area contributed by atoms with Crippen molar-refractivity contribution < 1.29 is 18.7 Å². The van der Waals surface area contributed by atoms with E-state index < -0.39 is 17.7 Å². The highest BCUT2D eigenvalue weighted by molar-refractivity contribution is 5.79. The van der Waals surface area contributed by atoms with Gasteiger partial charge in [0, 0.05) is 12.1 Å². The Hall–Kier alpha value is -1.62. The molecule has 1 unspecified atom stereocenters. The van der Waals surface area contributed by atoms with Gasteiger partial charge in [-0.2, -0.15) is 0 Å². The van der Waals surface area contributed by atoms with Crippen molar-refractivity contribution in [3.05, 3.63) is 29.1 Å². The summed E-state index contributed by atoms with van der Waals surface area (Å²) < 4.78 is 23.6. The van der Waals surface area contributed by atoms with Crippen LogP contribution in [0.2, 0.25) is 0 Å². The summed E-state index contributed by atoms with van der Waals surface area (Å²) in [6.07, 6.45) is 0. The smallest absolute Gasteiger partial charge is 0.314 e. The van der Waals surface area contributed by atoms with Crippen LogP contribution in [0.3, 0.4) is 0 Å². The maximum Gasteiger partial charge on any atom is 0.314 e. The van der Waals surface area contributed by atoms with Crippen LogP contribution in [-0.4, -0.2) is 26.7 Å². The lowest BCUT2D eigenvalue weighted by molar-refractivity contribution is -0.142. The summed E-state index contributed by atoms with van der Waals surface area (Å²) >= 11 is 0. The maximum atomic E-state index is 13.9. The van der Waals surface area contributed by atoms with E-state index in [0.29, 0.717) is 11.3 Å². The fourth-order valence-corrected chi connectivity index (χ4v) is 1.70. The number of nitrogens with two attached hydrogens (primary N) is 1. The van der Waals surface area contributed by atoms with Crippen LogP contribution in [0.1, 0.15) is 17.0 Å². The minimum atomic E-state index is -0.851. The van der Waals surface area contributed by atoms with E-state index in [0.717, 1.165) is 0 Å². The van der Waals surface area contributed by atoms with E-state index in [9.17, 15) is 9.18 Å². The molecule has 0 spiro atoms. The standard InChI is InChI=1S/C12H16FNO3/c1-7-4-9(13)11(10(5-7)16-2)8(6-14)12(15)17-3/h4-5,8H,6,14H2,1-3H3. The zero-order valence-corrected chi connectivity index (χ0v) is 10.1. The Labute approximate surface area is 99.5 Å². The normalized spacial score (nSPS) is 12.1. The SMILES string of the molecule is COC(=O)C(CN)c1c(F)cc(C)cc1OC. The Morgan fingerprint density at radius 3 is 2.59 bits per heavy atom. The first-order valence-corrected chi connectivity index (χ1v) is 5.17. The van der Waals surface area contributed by atoms with Gasteiger partial charge in [0.05, 0.1) is 14.2 Å². The van der Waals surface area contributed by atoms with E-state index >= 15 is 0 Å². The average Bonchev–Trinajstić information content (AvgIpc) is 2.31. The average molecular weight is 241 g/mol. The molecule has 0 saturated heterocycles. The number of esters is 1. The molecule has 0 saturated carbocycles. The van der Waals surface area contributed by atoms with Gasteiger partial charge in [-0.25, -0.2) is 4.39 Å². The van der Waals surface area contributed by atoms with Crippen molar-refractivity contribution in [3.8, 4) is 5.75 Å². The lowest BCUT2D eigenvalue weighted by Gasteiger charge is -2.17. The lowest BCUT2D eigenvalue weighted by Crippen LogP contribution is -2.24. The molecule has 0 aliphatic rings. The predicted octanol–water partition coefficient (Wildman–Crippen LogP) is 1.36. The predicted molar refractivity (Wildman–Crippen MR) is 61.5 cm³/mol. The molecule has 0 aromatic heterocycles. The van der Waals surface area contributed by atoms with Crippen molar-refractivity contribution in [2.45, 2.75) is 12.8 Å². The summed E-state index contributed by atoms with van der Waals surface area (Å²) in [7, 11) is 2.66. The molecule has 4 nitrogen and oxygen atoms in total. The van der Waals surface area contributed by atoms with Crippen molar-refractivity contribution in [2.75, 3.05) is 20.8 Å². The largest absolute Gasteiger partial charge is 0.496 e. The van der Waals surface area contributed by atoms with Crippen molar-refractivity contribution in [3.63, 3.8) is 0 Å². The number of halogens is 1. The van der Waals surface area contributed by atoms with Gasteiger partial charge in [0.2, 0.25) is 0 Å². The third kappa shape index (κ3) is 2.74. The monoisotopic (exact) mass is 241 g/mol. The molecule has 0 bridgehead atoms. The minimum Gasteiger partial charge on any atom is -0.496 e. The molecule has 0 aliphatic carbocycles. The molecule has 1 atom stereocenters. The molecule has 0 heterocycles. The van der Waals surface area contributed by atoms with Crippen molar-refractivity contribution in [1.82, 2.24) is 0 Å². The number of hydrogen-bond acceptors (Lipinski definition) is 4. The van der Waals surface area contributed by atoms with Crippen LogP contribution in [0, 0.1) is 12.7 Å². The molecular formula is C12H16FNO3. The van der Waals surface area contributed by atoms with Crippen LogP contribution in [0.4, 0.5) is 4.39 Å². The summed E-state index contributed by atoms with van der Waals surface area (Å²) in [5.41, 5.74) is 6.35. The quantitative estimate of drug-likeness (QED) is 0.808. The molecule has 2 N–H and O–H groups in total. The van der Waals surface area contributed by atoms with Crippen LogP contribution in [0.5, 0.6) is 5.75 Å². The zero-order chi connectivity index (χ0) is 13.0. The highest BCUT2D eigenvalue weighted by atomic mass is 19.1. The van der Waals surface area contributed by atoms with Crippen LogP contribution in [-0.2, 0) is 9.53 Å². The molecule has 17 heavy (non-hydrogen) atoms. The lowest BCUT2D eigenvalue weighted by atomic mass is 9.96. The van der Waals surface area contributed by atoms with Crippen LogP contribution in [0.15, 0.2) is 12.1 Å². The number of hydrogen-bond donors (Lipinski definition) is 1. The molecular weight excluding hydrogens is 225 g/mol. The second-order valence-corrected chi connectivity index (χ2v) is 3.67. The Balaban J connectivity index is 3.31. The van der Waals surface area contributed by atoms with Crippen molar-refractivity contribution in [1.29, 1.82) is 0 Å². The first kappa shape index (κ1) is 13.4. The van der Waals surface area contributed by atoms with Gasteiger partial charge >= 0.3 is 5.97 Å². The van der Waals surface area contributed by atoms with Gasteiger partial charge in [-0.15, -0.1) is 0 Å². The molecule has 0 fully saturated rings. The third-order valence-corrected chi connectivity index (χ3v) is 2.53. The van der Waals surface area contributed by atoms with Crippen LogP contribution in [0.25, 0.3) is 0 Å². The summed E-state index contributed by atoms with van der Waals surface area (Å²) in [5.74, 6) is -1.63. The number of carbonyl (C=O) groups excluding carboxylic acids is 1. The van der Waals surface area contributed by atoms with E-state index in [2.05, 4.69) is 4.74 Å². The Bertz CT molecular complexity index is 420. The van der Waals surface area contributed by atoms with Gasteiger partial charge in [-0.1, -0.05) is 0 Å². The summed E-state index contributed by atoms with van der Waals surface area (Å²) in [6, 6.07) is 2.99. The van der Waals surface area contributed by atoms with E-state index in [-0.39, 0.29) is 12.1 Å². The van der Waals surface area contributed by atoms with Gasteiger partial charge in [0.1, 0.15) is 17.5 Å². The summed E-state index contributed by atoms with van der Waals surface area (Å²) in [6.45, 7) is 1.70. The fourth-order valence-electron chi connectivity index (χ4n) is 1.70. The number of benzene rings is 1. The van der Waals surface area contributed by atoms with Gasteiger partial charge in [0.15, 0.2) is 0 Å². The number of methoxy groups -OCH3 is 2. The molecule has 1 aromatic rings. The fraction of sp³-hybridized carbons (Fsp3) is 0.417. The Kier molecular flexibility index (Phi) is 4.45. The Morgan fingerprint density at radius 2 is 2.12 bits per heavy atom. The number of aryl methyl sites for hydroxylation is 1. The highest BCUT2D eigenvalue weighted by Gasteiger charge is 2.27. The van der Waals surface area contributed by atoms with Gasteiger partial charge in [0.25, 0.3) is 0 Å². The maximum absolute atomic E-state index is 13.9. The first-order chi connectivity index (χ1) is 8.04. The van der Waals surface area contributed by atoms with Crippen LogP contribution >= 0.6 is 0 Å². The number of carbonyl (C=O) groups is 1.